The van der Waals surface area contributed by atoms with Gasteiger partial charge in [-0.2, -0.15) is 0 Å². The minimum absolute atomic E-state index is 0.200. The molecule has 4 nitrogen and oxygen atoms in total. The Morgan fingerprint density at radius 3 is 2.87 bits per heavy atom. The van der Waals surface area contributed by atoms with Gasteiger partial charge in [0.1, 0.15) is 5.82 Å². The van der Waals surface area contributed by atoms with Gasteiger partial charge in [0, 0.05) is 19.3 Å². The molecule has 0 bridgehead atoms. The number of nitrogens with zero attached hydrogens (tertiary/aromatic N) is 2. The Morgan fingerprint density at radius 1 is 1.53 bits per heavy atom. The molecule has 0 N–H and O–H groups in total. The smallest absolute Gasteiger partial charge is 0.307 e. The topological polar surface area (TPSA) is 42.4 Å². The van der Waals surface area contributed by atoms with Crippen LogP contribution in [0.5, 0.6) is 0 Å². The molecule has 0 aliphatic rings. The van der Waals surface area contributed by atoms with Gasteiger partial charge in [-0.3, -0.25) is 4.79 Å². The van der Waals surface area contributed by atoms with Gasteiger partial charge in [0.05, 0.1) is 13.5 Å². The lowest BCUT2D eigenvalue weighted by Gasteiger charge is -2.17. The Balaban J connectivity index is 2.53. The van der Waals surface area contributed by atoms with E-state index in [1.807, 2.05) is 37.1 Å². The van der Waals surface area contributed by atoms with Gasteiger partial charge in [0.2, 0.25) is 0 Å². The number of carbonyl (C=O) groups excluding carboxylic acids is 1. The van der Waals surface area contributed by atoms with E-state index in [4.69, 9.17) is 0 Å². The van der Waals surface area contributed by atoms with Crippen LogP contribution in [0.15, 0.2) is 18.2 Å². The highest BCUT2D eigenvalue weighted by Crippen LogP contribution is 2.09. The Kier molecular flexibility index (Phi) is 4.09. The highest BCUT2D eigenvalue weighted by atomic mass is 16.5. The van der Waals surface area contributed by atoms with Crippen molar-refractivity contribution >= 4 is 11.8 Å². The van der Waals surface area contributed by atoms with Crippen LogP contribution >= 0.6 is 0 Å². The quantitative estimate of drug-likeness (QED) is 0.701. The van der Waals surface area contributed by atoms with Crippen LogP contribution < -0.4 is 4.90 Å². The molecule has 1 rings (SSSR count). The molecule has 0 spiro atoms. The average Bonchev–Trinajstić information content (AvgIpc) is 2.25. The summed E-state index contributed by atoms with van der Waals surface area (Å²) in [4.78, 5) is 17.2. The van der Waals surface area contributed by atoms with Crippen LogP contribution in [0.25, 0.3) is 0 Å². The lowest BCUT2D eigenvalue weighted by Crippen LogP contribution is -2.22. The first-order valence-electron chi connectivity index (χ1n) is 4.85. The number of hydrogen-bond acceptors (Lipinski definition) is 4. The molecule has 4 heteroatoms. The molecule has 0 aliphatic carbocycles. The van der Waals surface area contributed by atoms with Gasteiger partial charge in [-0.05, 0) is 19.1 Å². The van der Waals surface area contributed by atoms with Crippen LogP contribution in [0.2, 0.25) is 0 Å². The summed E-state index contributed by atoms with van der Waals surface area (Å²) >= 11 is 0. The maximum Gasteiger partial charge on any atom is 0.307 e. The molecule has 1 aromatic heterocycles. The second kappa shape index (κ2) is 5.34. The van der Waals surface area contributed by atoms with Crippen molar-refractivity contribution in [3.8, 4) is 0 Å². The molecule has 1 heterocycles. The third kappa shape index (κ3) is 3.58. The molecule has 15 heavy (non-hydrogen) atoms. The van der Waals surface area contributed by atoms with E-state index in [-0.39, 0.29) is 5.97 Å². The zero-order chi connectivity index (χ0) is 11.3. The SMILES string of the molecule is COC(=O)CCN(C)c1cccc(C)n1. The monoisotopic (exact) mass is 208 g/mol. The zero-order valence-electron chi connectivity index (χ0n) is 9.36. The van der Waals surface area contributed by atoms with E-state index >= 15 is 0 Å². The summed E-state index contributed by atoms with van der Waals surface area (Å²) in [5.41, 5.74) is 0.970. The third-order valence-corrected chi connectivity index (χ3v) is 2.14. The van der Waals surface area contributed by atoms with E-state index < -0.39 is 0 Å². The predicted octanol–water partition coefficient (Wildman–Crippen LogP) is 1.39. The van der Waals surface area contributed by atoms with Gasteiger partial charge in [0.15, 0.2) is 0 Å². The molecular formula is C11H16N2O2. The Bertz CT molecular complexity index is 339. The fraction of sp³-hybridized carbons (Fsp3) is 0.455. The minimum atomic E-state index is -0.200. The van der Waals surface area contributed by atoms with Gasteiger partial charge in [-0.15, -0.1) is 0 Å². The minimum Gasteiger partial charge on any atom is -0.469 e. The number of anilines is 1. The molecular weight excluding hydrogens is 192 g/mol. The molecule has 0 radical (unpaired) electrons. The number of aromatic nitrogens is 1. The van der Waals surface area contributed by atoms with Crippen molar-refractivity contribution in [1.29, 1.82) is 0 Å². The first kappa shape index (κ1) is 11.5. The van der Waals surface area contributed by atoms with Crippen LogP contribution in [0.3, 0.4) is 0 Å². The van der Waals surface area contributed by atoms with Crippen molar-refractivity contribution < 1.29 is 9.53 Å². The van der Waals surface area contributed by atoms with Crippen molar-refractivity contribution in [2.75, 3.05) is 25.6 Å². The highest BCUT2D eigenvalue weighted by molar-refractivity contribution is 5.69. The number of ether oxygens (including phenoxy) is 1. The largest absolute Gasteiger partial charge is 0.469 e. The lowest BCUT2D eigenvalue weighted by atomic mass is 10.3. The molecule has 0 aromatic carbocycles. The number of carbonyl (C=O) groups is 1. The highest BCUT2D eigenvalue weighted by Gasteiger charge is 2.05. The van der Waals surface area contributed by atoms with Gasteiger partial charge in [0.25, 0.3) is 0 Å². The average molecular weight is 208 g/mol. The Hall–Kier alpha value is -1.58. The maximum atomic E-state index is 10.9. The number of esters is 1. The molecule has 0 fully saturated rings. The molecule has 0 saturated heterocycles. The number of rotatable bonds is 4. The molecule has 0 atom stereocenters. The summed E-state index contributed by atoms with van der Waals surface area (Å²) in [6, 6.07) is 5.81. The summed E-state index contributed by atoms with van der Waals surface area (Å²) < 4.78 is 4.57. The van der Waals surface area contributed by atoms with Crippen LogP contribution in [0.1, 0.15) is 12.1 Å². The van der Waals surface area contributed by atoms with Gasteiger partial charge in [-0.25, -0.2) is 4.98 Å². The second-order valence-corrected chi connectivity index (χ2v) is 3.38. The fourth-order valence-corrected chi connectivity index (χ4v) is 1.22. The summed E-state index contributed by atoms with van der Waals surface area (Å²) in [7, 11) is 3.30. The molecule has 0 aliphatic heterocycles. The fourth-order valence-electron chi connectivity index (χ4n) is 1.22. The summed E-state index contributed by atoms with van der Waals surface area (Å²) in [6.07, 6.45) is 0.378. The van der Waals surface area contributed by atoms with E-state index in [0.29, 0.717) is 13.0 Å². The predicted molar refractivity (Wildman–Crippen MR) is 58.9 cm³/mol. The molecule has 1 aromatic rings. The zero-order valence-corrected chi connectivity index (χ0v) is 9.36. The van der Waals surface area contributed by atoms with Crippen molar-refractivity contribution in [3.05, 3.63) is 23.9 Å². The number of pyridine rings is 1. The van der Waals surface area contributed by atoms with E-state index in [1.165, 1.54) is 7.11 Å². The first-order valence-corrected chi connectivity index (χ1v) is 4.85. The van der Waals surface area contributed by atoms with E-state index in [1.54, 1.807) is 0 Å². The Morgan fingerprint density at radius 2 is 2.27 bits per heavy atom. The van der Waals surface area contributed by atoms with Crippen molar-refractivity contribution in [2.45, 2.75) is 13.3 Å². The van der Waals surface area contributed by atoms with Gasteiger partial charge >= 0.3 is 5.97 Å². The molecule has 0 amide bonds. The van der Waals surface area contributed by atoms with Crippen molar-refractivity contribution in [3.63, 3.8) is 0 Å². The van der Waals surface area contributed by atoms with E-state index in [0.717, 1.165) is 11.5 Å². The normalized spacial score (nSPS) is 9.80. The third-order valence-electron chi connectivity index (χ3n) is 2.14. The molecule has 0 unspecified atom stereocenters. The second-order valence-electron chi connectivity index (χ2n) is 3.38. The van der Waals surface area contributed by atoms with Crippen LogP contribution in [-0.4, -0.2) is 31.7 Å². The number of hydrogen-bond donors (Lipinski definition) is 0. The molecule has 0 saturated carbocycles. The van der Waals surface area contributed by atoms with E-state index in [2.05, 4.69) is 9.72 Å². The van der Waals surface area contributed by atoms with E-state index in [9.17, 15) is 4.79 Å². The number of methoxy groups -OCH3 is 1. The van der Waals surface area contributed by atoms with Crippen molar-refractivity contribution in [2.24, 2.45) is 0 Å². The van der Waals surface area contributed by atoms with Crippen molar-refractivity contribution in [1.82, 2.24) is 4.98 Å². The maximum absolute atomic E-state index is 10.9. The number of aryl methyl sites for hydroxylation is 1. The lowest BCUT2D eigenvalue weighted by molar-refractivity contribution is -0.140. The Labute approximate surface area is 89.9 Å². The van der Waals surface area contributed by atoms with Crippen LogP contribution in [-0.2, 0) is 9.53 Å². The standard InChI is InChI=1S/C11H16N2O2/c1-9-5-4-6-10(12-9)13(2)8-7-11(14)15-3/h4-6H,7-8H2,1-3H3. The first-order chi connectivity index (χ1) is 7.13. The van der Waals surface area contributed by atoms with Gasteiger partial charge < -0.3 is 9.64 Å². The summed E-state index contributed by atoms with van der Waals surface area (Å²) in [6.45, 7) is 2.56. The van der Waals surface area contributed by atoms with Crippen LogP contribution in [0.4, 0.5) is 5.82 Å². The van der Waals surface area contributed by atoms with Gasteiger partial charge in [-0.1, -0.05) is 6.07 Å². The molecule has 82 valence electrons. The summed E-state index contributed by atoms with van der Waals surface area (Å²) in [5, 5.41) is 0. The summed E-state index contributed by atoms with van der Waals surface area (Å²) in [5.74, 6) is 0.674. The van der Waals surface area contributed by atoms with Crippen LogP contribution in [0, 0.1) is 6.92 Å².